The van der Waals surface area contributed by atoms with Gasteiger partial charge in [-0.05, 0) is 42.3 Å². The molecule has 0 aliphatic carbocycles. The fourth-order valence-electron chi connectivity index (χ4n) is 4.61. The minimum absolute atomic E-state index is 0.168. The Labute approximate surface area is 162 Å². The van der Waals surface area contributed by atoms with E-state index in [9.17, 15) is 4.79 Å². The van der Waals surface area contributed by atoms with Crippen LogP contribution in [0.25, 0.3) is 10.8 Å². The van der Waals surface area contributed by atoms with E-state index in [1.54, 1.807) is 0 Å². The highest BCUT2D eigenvalue weighted by molar-refractivity contribution is 5.85. The number of carbonyl (C=O) groups is 1. The highest BCUT2D eigenvalue weighted by Crippen LogP contribution is 2.24. The average molecular weight is 366 g/mol. The highest BCUT2D eigenvalue weighted by atomic mass is 16.2. The van der Waals surface area contributed by atoms with E-state index in [2.05, 4.69) is 64.1 Å². The van der Waals surface area contributed by atoms with E-state index in [0.717, 1.165) is 65.2 Å². The number of hydrogen-bond donors (Lipinski definition) is 0. The van der Waals surface area contributed by atoms with Gasteiger partial charge in [-0.3, -0.25) is 9.69 Å². The molecule has 0 saturated carbocycles. The summed E-state index contributed by atoms with van der Waals surface area (Å²) < 4.78 is 0. The lowest BCUT2D eigenvalue weighted by atomic mass is 9.95. The predicted molar refractivity (Wildman–Crippen MR) is 111 cm³/mol. The van der Waals surface area contributed by atoms with Gasteiger partial charge in [-0.25, -0.2) is 0 Å². The molecule has 27 heavy (non-hydrogen) atoms. The number of piperazine rings is 1. The average Bonchev–Trinajstić information content (AvgIpc) is 2.74. The zero-order valence-corrected chi connectivity index (χ0v) is 16.4. The Morgan fingerprint density at radius 3 is 2.56 bits per heavy atom. The van der Waals surface area contributed by atoms with Crippen LogP contribution in [-0.2, 0) is 11.3 Å². The third-order valence-corrected chi connectivity index (χ3v) is 6.26. The van der Waals surface area contributed by atoms with Crippen molar-refractivity contribution in [1.82, 2.24) is 14.7 Å². The standard InChI is InChI=1S/C23H31N3O/c1-2-24-13-15-26(16-14-24)23(27)21-10-6-12-25(18-21)17-20-9-5-8-19-7-3-4-11-22(19)20/h3-5,7-9,11,21H,2,6,10,12-18H2,1H3. The maximum atomic E-state index is 13.0. The molecule has 144 valence electrons. The molecule has 1 atom stereocenters. The zero-order chi connectivity index (χ0) is 18.6. The molecule has 2 aliphatic rings. The molecule has 0 bridgehead atoms. The van der Waals surface area contributed by atoms with E-state index < -0.39 is 0 Å². The summed E-state index contributed by atoms with van der Waals surface area (Å²) in [6.07, 6.45) is 2.16. The van der Waals surface area contributed by atoms with Crippen molar-refractivity contribution < 1.29 is 4.79 Å². The Balaban J connectivity index is 1.40. The van der Waals surface area contributed by atoms with Crippen molar-refractivity contribution in [3.63, 3.8) is 0 Å². The molecule has 1 amide bonds. The second-order valence-corrected chi connectivity index (χ2v) is 7.97. The lowest BCUT2D eigenvalue weighted by Gasteiger charge is -2.38. The van der Waals surface area contributed by atoms with Crippen molar-refractivity contribution in [2.24, 2.45) is 5.92 Å². The highest BCUT2D eigenvalue weighted by Gasteiger charge is 2.30. The van der Waals surface area contributed by atoms with E-state index in [1.165, 1.54) is 16.3 Å². The minimum atomic E-state index is 0.168. The molecule has 2 heterocycles. The first-order valence-electron chi connectivity index (χ1n) is 10.4. The molecular weight excluding hydrogens is 334 g/mol. The minimum Gasteiger partial charge on any atom is -0.340 e. The van der Waals surface area contributed by atoms with E-state index >= 15 is 0 Å². The molecule has 2 aromatic carbocycles. The van der Waals surface area contributed by atoms with Crippen molar-refractivity contribution in [3.05, 3.63) is 48.0 Å². The predicted octanol–water partition coefficient (Wildman–Crippen LogP) is 3.22. The van der Waals surface area contributed by atoms with E-state index in [-0.39, 0.29) is 5.92 Å². The number of rotatable bonds is 4. The smallest absolute Gasteiger partial charge is 0.227 e. The molecule has 2 aromatic rings. The summed E-state index contributed by atoms with van der Waals surface area (Å²) in [6.45, 7) is 10.1. The number of amides is 1. The summed E-state index contributed by atoms with van der Waals surface area (Å²) >= 11 is 0. The SMILES string of the molecule is CCN1CCN(C(=O)C2CCCN(Cc3cccc4ccccc34)C2)CC1. The Kier molecular flexibility index (Phi) is 5.74. The van der Waals surface area contributed by atoms with Gasteiger partial charge in [0.1, 0.15) is 0 Å². The molecule has 0 aromatic heterocycles. The van der Waals surface area contributed by atoms with Crippen molar-refractivity contribution >= 4 is 16.7 Å². The Morgan fingerprint density at radius 1 is 0.963 bits per heavy atom. The first-order chi connectivity index (χ1) is 13.2. The normalized spacial score (nSPS) is 22.3. The maximum Gasteiger partial charge on any atom is 0.227 e. The summed E-state index contributed by atoms with van der Waals surface area (Å²) in [7, 11) is 0. The van der Waals surface area contributed by atoms with Crippen molar-refractivity contribution in [3.8, 4) is 0 Å². The lowest BCUT2D eigenvalue weighted by Crippen LogP contribution is -2.52. The Morgan fingerprint density at radius 2 is 1.74 bits per heavy atom. The van der Waals surface area contributed by atoms with E-state index in [1.807, 2.05) is 0 Å². The number of likely N-dealkylation sites (N-methyl/N-ethyl adjacent to an activating group) is 1. The van der Waals surface area contributed by atoms with Crippen LogP contribution in [-0.4, -0.2) is 66.4 Å². The summed E-state index contributed by atoms with van der Waals surface area (Å²) in [4.78, 5) is 20.1. The van der Waals surface area contributed by atoms with Crippen LogP contribution < -0.4 is 0 Å². The van der Waals surface area contributed by atoms with Gasteiger partial charge in [0, 0.05) is 39.3 Å². The van der Waals surface area contributed by atoms with Crippen molar-refractivity contribution in [2.75, 3.05) is 45.8 Å². The topological polar surface area (TPSA) is 26.8 Å². The van der Waals surface area contributed by atoms with Gasteiger partial charge in [0.25, 0.3) is 0 Å². The molecule has 4 nitrogen and oxygen atoms in total. The van der Waals surface area contributed by atoms with Crippen LogP contribution in [0.15, 0.2) is 42.5 Å². The molecule has 4 rings (SSSR count). The van der Waals surface area contributed by atoms with Gasteiger partial charge in [-0.1, -0.05) is 49.4 Å². The second kappa shape index (κ2) is 8.41. The van der Waals surface area contributed by atoms with Crippen LogP contribution in [0.5, 0.6) is 0 Å². The van der Waals surface area contributed by atoms with E-state index in [4.69, 9.17) is 0 Å². The van der Waals surface area contributed by atoms with Crippen LogP contribution in [0.4, 0.5) is 0 Å². The van der Waals surface area contributed by atoms with E-state index in [0.29, 0.717) is 5.91 Å². The zero-order valence-electron chi connectivity index (χ0n) is 16.4. The number of fused-ring (bicyclic) bond motifs is 1. The van der Waals surface area contributed by atoms with Crippen LogP contribution in [0.3, 0.4) is 0 Å². The van der Waals surface area contributed by atoms with Crippen molar-refractivity contribution in [1.29, 1.82) is 0 Å². The van der Waals surface area contributed by atoms with Gasteiger partial charge >= 0.3 is 0 Å². The summed E-state index contributed by atoms with van der Waals surface area (Å²) in [6, 6.07) is 15.2. The third-order valence-electron chi connectivity index (χ3n) is 6.26. The molecule has 0 radical (unpaired) electrons. The number of nitrogens with zero attached hydrogens (tertiary/aromatic N) is 3. The van der Waals surface area contributed by atoms with Crippen LogP contribution in [0, 0.1) is 5.92 Å². The molecule has 4 heteroatoms. The number of carbonyl (C=O) groups excluding carboxylic acids is 1. The first kappa shape index (κ1) is 18.5. The van der Waals surface area contributed by atoms with Gasteiger partial charge < -0.3 is 9.80 Å². The van der Waals surface area contributed by atoms with Gasteiger partial charge in [-0.15, -0.1) is 0 Å². The monoisotopic (exact) mass is 365 g/mol. The fourth-order valence-corrected chi connectivity index (χ4v) is 4.61. The maximum absolute atomic E-state index is 13.0. The molecule has 2 fully saturated rings. The van der Waals surface area contributed by atoms with Gasteiger partial charge in [0.15, 0.2) is 0 Å². The van der Waals surface area contributed by atoms with Gasteiger partial charge in [0.05, 0.1) is 5.92 Å². The first-order valence-corrected chi connectivity index (χ1v) is 10.4. The molecule has 2 aliphatic heterocycles. The molecular formula is C23H31N3O. The summed E-state index contributed by atoms with van der Waals surface area (Å²) in [5, 5.41) is 2.64. The summed E-state index contributed by atoms with van der Waals surface area (Å²) in [5.74, 6) is 0.551. The van der Waals surface area contributed by atoms with Crippen LogP contribution in [0.1, 0.15) is 25.3 Å². The molecule has 2 saturated heterocycles. The number of benzene rings is 2. The number of hydrogen-bond acceptors (Lipinski definition) is 3. The Bertz CT molecular complexity index is 777. The largest absolute Gasteiger partial charge is 0.340 e. The van der Waals surface area contributed by atoms with Crippen LogP contribution >= 0.6 is 0 Å². The molecule has 1 unspecified atom stereocenters. The van der Waals surface area contributed by atoms with Gasteiger partial charge in [0.2, 0.25) is 5.91 Å². The number of piperidine rings is 1. The molecule has 0 N–H and O–H groups in total. The lowest BCUT2D eigenvalue weighted by molar-refractivity contribution is -0.139. The van der Waals surface area contributed by atoms with Crippen LogP contribution in [0.2, 0.25) is 0 Å². The number of likely N-dealkylation sites (tertiary alicyclic amines) is 1. The van der Waals surface area contributed by atoms with Gasteiger partial charge in [-0.2, -0.15) is 0 Å². The Hall–Kier alpha value is -1.91. The third kappa shape index (κ3) is 4.17. The second-order valence-electron chi connectivity index (χ2n) is 7.97. The van der Waals surface area contributed by atoms with Crippen molar-refractivity contribution in [2.45, 2.75) is 26.3 Å². The molecule has 0 spiro atoms. The quantitative estimate of drug-likeness (QED) is 0.832. The fraction of sp³-hybridized carbons (Fsp3) is 0.522. The summed E-state index contributed by atoms with van der Waals surface area (Å²) in [5.41, 5.74) is 1.37.